The quantitative estimate of drug-likeness (QED) is 0.794. The standard InChI is InChI=1S/C13H12BrN5O/c1-9-16-17-18-19(9)11-4-2-3-10(7-11)15-8-12-5-6-13(14)20-12/h2-7,15H,8H2,1H3. The van der Waals surface area contributed by atoms with E-state index >= 15 is 0 Å². The molecule has 0 amide bonds. The van der Waals surface area contributed by atoms with Gasteiger partial charge in [0.25, 0.3) is 0 Å². The number of nitrogens with one attached hydrogen (secondary N) is 1. The Morgan fingerprint density at radius 2 is 2.20 bits per heavy atom. The van der Waals surface area contributed by atoms with Crippen molar-refractivity contribution >= 4 is 21.6 Å². The Kier molecular flexibility index (Phi) is 3.51. The van der Waals surface area contributed by atoms with E-state index in [1.807, 2.05) is 43.3 Å². The molecule has 0 fully saturated rings. The van der Waals surface area contributed by atoms with Crippen molar-refractivity contribution in [3.63, 3.8) is 0 Å². The molecule has 6 nitrogen and oxygen atoms in total. The Morgan fingerprint density at radius 3 is 2.90 bits per heavy atom. The van der Waals surface area contributed by atoms with Gasteiger partial charge in [0.15, 0.2) is 10.5 Å². The number of rotatable bonds is 4. The normalized spacial score (nSPS) is 10.7. The fourth-order valence-electron chi connectivity index (χ4n) is 1.85. The lowest BCUT2D eigenvalue weighted by Gasteiger charge is -2.07. The number of halogens is 1. The van der Waals surface area contributed by atoms with Crippen LogP contribution in [0.1, 0.15) is 11.6 Å². The van der Waals surface area contributed by atoms with E-state index in [-0.39, 0.29) is 0 Å². The van der Waals surface area contributed by atoms with Crippen LogP contribution in [-0.4, -0.2) is 20.2 Å². The number of aryl methyl sites for hydroxylation is 1. The molecule has 0 spiro atoms. The minimum atomic E-state index is 0.615. The van der Waals surface area contributed by atoms with E-state index in [1.165, 1.54) is 0 Å². The summed E-state index contributed by atoms with van der Waals surface area (Å²) < 4.78 is 7.86. The SMILES string of the molecule is Cc1nnnn1-c1cccc(NCc2ccc(Br)o2)c1. The number of hydrogen-bond donors (Lipinski definition) is 1. The molecule has 1 aromatic carbocycles. The Morgan fingerprint density at radius 1 is 1.30 bits per heavy atom. The summed E-state index contributed by atoms with van der Waals surface area (Å²) in [7, 11) is 0. The van der Waals surface area contributed by atoms with Gasteiger partial charge in [-0.2, -0.15) is 4.68 Å². The number of aromatic nitrogens is 4. The Hall–Kier alpha value is -2.15. The van der Waals surface area contributed by atoms with Gasteiger partial charge in [-0.15, -0.1) is 5.10 Å². The van der Waals surface area contributed by atoms with E-state index in [9.17, 15) is 0 Å². The molecule has 0 atom stereocenters. The lowest BCUT2D eigenvalue weighted by molar-refractivity contribution is 0.495. The number of nitrogens with zero attached hydrogens (tertiary/aromatic N) is 4. The topological polar surface area (TPSA) is 68.8 Å². The van der Waals surface area contributed by atoms with Crippen molar-refractivity contribution < 1.29 is 4.42 Å². The van der Waals surface area contributed by atoms with Crippen LogP contribution in [0.15, 0.2) is 45.5 Å². The third-order valence-electron chi connectivity index (χ3n) is 2.81. The number of tetrazole rings is 1. The van der Waals surface area contributed by atoms with Crippen LogP contribution in [0, 0.1) is 6.92 Å². The highest BCUT2D eigenvalue weighted by Crippen LogP contribution is 2.18. The molecule has 0 aliphatic carbocycles. The fourth-order valence-corrected chi connectivity index (χ4v) is 2.19. The van der Waals surface area contributed by atoms with Crippen LogP contribution in [0.4, 0.5) is 5.69 Å². The van der Waals surface area contributed by atoms with Gasteiger partial charge < -0.3 is 9.73 Å². The van der Waals surface area contributed by atoms with Crippen LogP contribution in [0.2, 0.25) is 0 Å². The van der Waals surface area contributed by atoms with Gasteiger partial charge in [-0.25, -0.2) is 0 Å². The van der Waals surface area contributed by atoms with Crippen molar-refractivity contribution in [2.75, 3.05) is 5.32 Å². The maximum absolute atomic E-state index is 5.44. The highest BCUT2D eigenvalue weighted by Gasteiger charge is 2.05. The van der Waals surface area contributed by atoms with Gasteiger partial charge in [-0.3, -0.25) is 0 Å². The predicted molar refractivity (Wildman–Crippen MR) is 77.6 cm³/mol. The summed E-state index contributed by atoms with van der Waals surface area (Å²) in [5, 5.41) is 14.8. The molecule has 0 bridgehead atoms. The molecule has 7 heteroatoms. The summed E-state index contributed by atoms with van der Waals surface area (Å²) in [6, 6.07) is 11.7. The molecule has 0 saturated carbocycles. The van der Waals surface area contributed by atoms with Crippen LogP contribution in [0.3, 0.4) is 0 Å². The maximum atomic E-state index is 5.44. The zero-order chi connectivity index (χ0) is 13.9. The van der Waals surface area contributed by atoms with E-state index < -0.39 is 0 Å². The fraction of sp³-hybridized carbons (Fsp3) is 0.154. The molecular formula is C13H12BrN5O. The molecule has 1 N–H and O–H groups in total. The number of anilines is 1. The Bertz CT molecular complexity index is 721. The summed E-state index contributed by atoms with van der Waals surface area (Å²) in [6.45, 7) is 2.48. The van der Waals surface area contributed by atoms with Crippen LogP contribution in [0.25, 0.3) is 5.69 Å². The zero-order valence-corrected chi connectivity index (χ0v) is 12.3. The minimum absolute atomic E-state index is 0.615. The minimum Gasteiger partial charge on any atom is -0.452 e. The average Bonchev–Trinajstić information content (AvgIpc) is 3.05. The lowest BCUT2D eigenvalue weighted by atomic mass is 10.2. The molecule has 0 saturated heterocycles. The highest BCUT2D eigenvalue weighted by atomic mass is 79.9. The van der Waals surface area contributed by atoms with E-state index in [0.717, 1.165) is 27.6 Å². The van der Waals surface area contributed by atoms with E-state index in [2.05, 4.69) is 36.8 Å². The van der Waals surface area contributed by atoms with Crippen molar-refractivity contribution in [3.05, 3.63) is 52.7 Å². The van der Waals surface area contributed by atoms with Crippen molar-refractivity contribution in [2.24, 2.45) is 0 Å². The summed E-state index contributed by atoms with van der Waals surface area (Å²) in [5.41, 5.74) is 1.89. The molecule has 20 heavy (non-hydrogen) atoms. The van der Waals surface area contributed by atoms with Crippen LogP contribution < -0.4 is 5.32 Å². The molecule has 0 unspecified atom stereocenters. The first-order valence-corrected chi connectivity index (χ1v) is 6.85. The maximum Gasteiger partial charge on any atom is 0.169 e. The highest BCUT2D eigenvalue weighted by molar-refractivity contribution is 9.10. The molecule has 3 rings (SSSR count). The molecule has 0 aliphatic heterocycles. The zero-order valence-electron chi connectivity index (χ0n) is 10.7. The van der Waals surface area contributed by atoms with Crippen molar-refractivity contribution in [2.45, 2.75) is 13.5 Å². The molecule has 2 heterocycles. The first kappa shape index (κ1) is 12.9. The molecule has 0 aliphatic rings. The molecular weight excluding hydrogens is 322 g/mol. The number of furan rings is 1. The van der Waals surface area contributed by atoms with Crippen LogP contribution in [-0.2, 0) is 6.54 Å². The lowest BCUT2D eigenvalue weighted by Crippen LogP contribution is -2.02. The average molecular weight is 334 g/mol. The molecule has 102 valence electrons. The third kappa shape index (κ3) is 2.72. The molecule has 0 radical (unpaired) electrons. The summed E-state index contributed by atoms with van der Waals surface area (Å²) in [5.74, 6) is 1.61. The van der Waals surface area contributed by atoms with E-state index in [0.29, 0.717) is 6.54 Å². The third-order valence-corrected chi connectivity index (χ3v) is 3.24. The van der Waals surface area contributed by atoms with Crippen molar-refractivity contribution in [1.29, 1.82) is 0 Å². The molecule has 3 aromatic rings. The van der Waals surface area contributed by atoms with Gasteiger partial charge in [0.05, 0.1) is 12.2 Å². The second kappa shape index (κ2) is 5.46. The van der Waals surface area contributed by atoms with Gasteiger partial charge in [0.1, 0.15) is 5.76 Å². The van der Waals surface area contributed by atoms with Crippen LogP contribution in [0.5, 0.6) is 0 Å². The largest absolute Gasteiger partial charge is 0.452 e. The first-order chi connectivity index (χ1) is 9.72. The Balaban J connectivity index is 1.76. The predicted octanol–water partition coefficient (Wildman–Crippen LogP) is 2.94. The van der Waals surface area contributed by atoms with E-state index in [4.69, 9.17) is 4.42 Å². The summed E-state index contributed by atoms with van der Waals surface area (Å²) in [4.78, 5) is 0. The Labute approximate surface area is 123 Å². The molecule has 2 aromatic heterocycles. The smallest absolute Gasteiger partial charge is 0.169 e. The van der Waals surface area contributed by atoms with Crippen molar-refractivity contribution in [3.8, 4) is 5.69 Å². The van der Waals surface area contributed by atoms with Gasteiger partial charge >= 0.3 is 0 Å². The van der Waals surface area contributed by atoms with Gasteiger partial charge in [0, 0.05) is 5.69 Å². The van der Waals surface area contributed by atoms with Crippen LogP contribution >= 0.6 is 15.9 Å². The summed E-state index contributed by atoms with van der Waals surface area (Å²) >= 11 is 3.28. The second-order valence-corrected chi connectivity index (χ2v) is 5.03. The number of benzene rings is 1. The summed E-state index contributed by atoms with van der Waals surface area (Å²) in [6.07, 6.45) is 0. The van der Waals surface area contributed by atoms with E-state index in [1.54, 1.807) is 4.68 Å². The number of hydrogen-bond acceptors (Lipinski definition) is 5. The van der Waals surface area contributed by atoms with Gasteiger partial charge in [-0.05, 0) is 63.6 Å². The second-order valence-electron chi connectivity index (χ2n) is 4.25. The van der Waals surface area contributed by atoms with Gasteiger partial charge in [-0.1, -0.05) is 6.07 Å². The first-order valence-electron chi connectivity index (χ1n) is 6.06. The van der Waals surface area contributed by atoms with Gasteiger partial charge in [0.2, 0.25) is 0 Å². The monoisotopic (exact) mass is 333 g/mol. The van der Waals surface area contributed by atoms with Crippen molar-refractivity contribution in [1.82, 2.24) is 20.2 Å².